The summed E-state index contributed by atoms with van der Waals surface area (Å²) in [5.41, 5.74) is 0.616. The van der Waals surface area contributed by atoms with Gasteiger partial charge < -0.3 is 15.7 Å². The molecule has 0 radical (unpaired) electrons. The number of aromatic hydroxyl groups is 1. The second kappa shape index (κ2) is 7.09. The van der Waals surface area contributed by atoms with Crippen LogP contribution in [0.1, 0.15) is 38.8 Å². The van der Waals surface area contributed by atoms with Crippen LogP contribution in [0, 0.1) is 5.82 Å². The van der Waals surface area contributed by atoms with E-state index in [9.17, 15) is 14.3 Å². The average Bonchev–Trinajstić information content (AvgIpc) is 2.27. The first-order valence-corrected chi connectivity index (χ1v) is 6.41. The molecule has 1 unspecified atom stereocenters. The average molecular weight is 268 g/mol. The maximum Gasteiger partial charge on any atom is 0.221 e. The normalized spacial score (nSPS) is 12.5. The highest BCUT2D eigenvalue weighted by molar-refractivity contribution is 5.76. The number of carbonyl (C=O) groups excluding carboxylic acids is 1. The summed E-state index contributed by atoms with van der Waals surface area (Å²) >= 11 is 0. The number of phenols is 1. The number of hydrogen-bond donors (Lipinski definition) is 3. The molecule has 3 N–H and O–H groups in total. The first-order chi connectivity index (χ1) is 8.90. The van der Waals surface area contributed by atoms with Crippen molar-refractivity contribution in [2.75, 3.05) is 6.54 Å². The van der Waals surface area contributed by atoms with E-state index < -0.39 is 5.82 Å². The van der Waals surface area contributed by atoms with E-state index in [2.05, 4.69) is 10.6 Å². The fourth-order valence-electron chi connectivity index (χ4n) is 1.79. The Bertz CT molecular complexity index is 435. The monoisotopic (exact) mass is 268 g/mol. The van der Waals surface area contributed by atoms with Crippen molar-refractivity contribution >= 4 is 5.91 Å². The zero-order valence-electron chi connectivity index (χ0n) is 11.5. The van der Waals surface area contributed by atoms with E-state index >= 15 is 0 Å². The summed E-state index contributed by atoms with van der Waals surface area (Å²) in [5.74, 6) is -0.561. The molecule has 4 nitrogen and oxygen atoms in total. The number of benzene rings is 1. The molecular formula is C14H21FN2O2. The standard InChI is InChI=1S/C14H21FN2O2/c1-9(2)17-14(19)6-7-16-10(3)12-5-4-11(15)8-13(12)18/h4-5,8-10,16,18H,6-7H2,1-3H3,(H,17,19). The summed E-state index contributed by atoms with van der Waals surface area (Å²) in [6.45, 7) is 6.17. The maximum absolute atomic E-state index is 12.9. The Hall–Kier alpha value is -1.62. The molecule has 0 aromatic heterocycles. The van der Waals surface area contributed by atoms with E-state index in [-0.39, 0.29) is 23.7 Å². The number of carbonyl (C=O) groups is 1. The van der Waals surface area contributed by atoms with Crippen molar-refractivity contribution in [3.63, 3.8) is 0 Å². The van der Waals surface area contributed by atoms with Gasteiger partial charge in [-0.05, 0) is 26.8 Å². The number of phenolic OH excluding ortho intramolecular Hbond substituents is 1. The van der Waals surface area contributed by atoms with Crippen molar-refractivity contribution in [3.8, 4) is 5.75 Å². The highest BCUT2D eigenvalue weighted by Gasteiger charge is 2.11. The molecule has 0 saturated carbocycles. The minimum absolute atomic E-state index is 0.0157. The fourth-order valence-corrected chi connectivity index (χ4v) is 1.79. The van der Waals surface area contributed by atoms with Crippen molar-refractivity contribution in [1.29, 1.82) is 0 Å². The van der Waals surface area contributed by atoms with Gasteiger partial charge in [0, 0.05) is 36.7 Å². The number of hydrogen-bond acceptors (Lipinski definition) is 3. The molecule has 1 amide bonds. The van der Waals surface area contributed by atoms with Gasteiger partial charge in [0.05, 0.1) is 0 Å². The van der Waals surface area contributed by atoms with Crippen LogP contribution in [0.25, 0.3) is 0 Å². The lowest BCUT2D eigenvalue weighted by Crippen LogP contribution is -2.33. The highest BCUT2D eigenvalue weighted by atomic mass is 19.1. The zero-order valence-corrected chi connectivity index (χ0v) is 11.5. The summed E-state index contributed by atoms with van der Waals surface area (Å²) < 4.78 is 12.9. The summed E-state index contributed by atoms with van der Waals surface area (Å²) in [6.07, 6.45) is 0.366. The van der Waals surface area contributed by atoms with Crippen LogP contribution in [0.4, 0.5) is 4.39 Å². The van der Waals surface area contributed by atoms with E-state index in [1.165, 1.54) is 12.1 Å². The molecule has 1 rings (SSSR count). The topological polar surface area (TPSA) is 61.4 Å². The van der Waals surface area contributed by atoms with Crippen molar-refractivity contribution in [2.24, 2.45) is 0 Å². The Morgan fingerprint density at radius 1 is 1.37 bits per heavy atom. The molecule has 0 bridgehead atoms. The summed E-state index contributed by atoms with van der Waals surface area (Å²) in [4.78, 5) is 11.4. The largest absolute Gasteiger partial charge is 0.508 e. The third-order valence-corrected chi connectivity index (χ3v) is 2.71. The van der Waals surface area contributed by atoms with Gasteiger partial charge in [0.15, 0.2) is 0 Å². The van der Waals surface area contributed by atoms with Crippen LogP contribution in [0.5, 0.6) is 5.75 Å². The number of amides is 1. The van der Waals surface area contributed by atoms with Crippen molar-refractivity contribution in [2.45, 2.75) is 39.3 Å². The minimum Gasteiger partial charge on any atom is -0.508 e. The first kappa shape index (κ1) is 15.4. The molecular weight excluding hydrogens is 247 g/mol. The number of nitrogens with one attached hydrogen (secondary N) is 2. The van der Waals surface area contributed by atoms with Crippen molar-refractivity contribution in [3.05, 3.63) is 29.6 Å². The van der Waals surface area contributed by atoms with Crippen LogP contribution in [0.2, 0.25) is 0 Å². The van der Waals surface area contributed by atoms with E-state index in [1.807, 2.05) is 20.8 Å². The van der Waals surface area contributed by atoms with Gasteiger partial charge >= 0.3 is 0 Å². The van der Waals surface area contributed by atoms with Gasteiger partial charge in [0.25, 0.3) is 0 Å². The van der Waals surface area contributed by atoms with Crippen LogP contribution >= 0.6 is 0 Å². The first-order valence-electron chi connectivity index (χ1n) is 6.41. The third-order valence-electron chi connectivity index (χ3n) is 2.71. The van der Waals surface area contributed by atoms with Gasteiger partial charge in [0.1, 0.15) is 11.6 Å². The molecule has 106 valence electrons. The van der Waals surface area contributed by atoms with Gasteiger partial charge in [-0.25, -0.2) is 4.39 Å². The molecule has 5 heteroatoms. The minimum atomic E-state index is -0.468. The zero-order chi connectivity index (χ0) is 14.4. The fraction of sp³-hybridized carbons (Fsp3) is 0.500. The van der Waals surface area contributed by atoms with E-state index in [0.29, 0.717) is 18.5 Å². The molecule has 1 atom stereocenters. The molecule has 1 aromatic rings. The van der Waals surface area contributed by atoms with Crippen LogP contribution < -0.4 is 10.6 Å². The second-order valence-electron chi connectivity index (χ2n) is 4.85. The predicted octanol–water partition coefficient (Wildman–Crippen LogP) is 2.10. The smallest absolute Gasteiger partial charge is 0.221 e. The molecule has 0 fully saturated rings. The summed E-state index contributed by atoms with van der Waals surface area (Å²) in [5, 5.41) is 15.5. The molecule has 1 aromatic carbocycles. The molecule has 0 saturated heterocycles. The Labute approximate surface area is 113 Å². The van der Waals surface area contributed by atoms with Gasteiger partial charge in [-0.15, -0.1) is 0 Å². The Morgan fingerprint density at radius 2 is 2.05 bits per heavy atom. The molecule has 0 heterocycles. The lowest BCUT2D eigenvalue weighted by molar-refractivity contribution is -0.121. The highest BCUT2D eigenvalue weighted by Crippen LogP contribution is 2.24. The Balaban J connectivity index is 2.43. The Morgan fingerprint density at radius 3 is 2.63 bits per heavy atom. The lowest BCUT2D eigenvalue weighted by Gasteiger charge is -2.16. The quantitative estimate of drug-likeness (QED) is 0.740. The third kappa shape index (κ3) is 5.26. The van der Waals surface area contributed by atoms with Gasteiger partial charge in [-0.3, -0.25) is 4.79 Å². The predicted molar refractivity (Wildman–Crippen MR) is 72.4 cm³/mol. The molecule has 0 aliphatic carbocycles. The van der Waals surface area contributed by atoms with E-state index in [4.69, 9.17) is 0 Å². The van der Waals surface area contributed by atoms with Crippen molar-refractivity contribution in [1.82, 2.24) is 10.6 Å². The lowest BCUT2D eigenvalue weighted by atomic mass is 10.1. The van der Waals surface area contributed by atoms with E-state index in [1.54, 1.807) is 0 Å². The van der Waals surface area contributed by atoms with Gasteiger partial charge in [0.2, 0.25) is 5.91 Å². The van der Waals surface area contributed by atoms with Gasteiger partial charge in [-0.2, -0.15) is 0 Å². The SMILES string of the molecule is CC(C)NC(=O)CCNC(C)c1ccc(F)cc1O. The molecule has 0 spiro atoms. The summed E-state index contributed by atoms with van der Waals surface area (Å²) in [7, 11) is 0. The molecule has 19 heavy (non-hydrogen) atoms. The second-order valence-corrected chi connectivity index (χ2v) is 4.85. The number of halogens is 1. The summed E-state index contributed by atoms with van der Waals surface area (Å²) in [6, 6.07) is 3.91. The number of rotatable bonds is 6. The maximum atomic E-state index is 12.9. The van der Waals surface area contributed by atoms with Crippen molar-refractivity contribution < 1.29 is 14.3 Å². The van der Waals surface area contributed by atoms with E-state index in [0.717, 1.165) is 6.07 Å². The van der Waals surface area contributed by atoms with Gasteiger partial charge in [-0.1, -0.05) is 6.07 Å². The van der Waals surface area contributed by atoms with Crippen LogP contribution in [0.15, 0.2) is 18.2 Å². The Kier molecular flexibility index (Phi) is 5.76. The van der Waals surface area contributed by atoms with Crippen LogP contribution in [0.3, 0.4) is 0 Å². The van der Waals surface area contributed by atoms with Crippen LogP contribution in [-0.2, 0) is 4.79 Å². The van der Waals surface area contributed by atoms with Crippen LogP contribution in [-0.4, -0.2) is 23.6 Å². The molecule has 0 aliphatic heterocycles. The molecule has 0 aliphatic rings.